The van der Waals surface area contributed by atoms with E-state index in [0.29, 0.717) is 24.0 Å². The highest BCUT2D eigenvalue weighted by Crippen LogP contribution is 2.29. The van der Waals surface area contributed by atoms with Crippen molar-refractivity contribution in [2.24, 2.45) is 5.92 Å². The number of hydrogen-bond donors (Lipinski definition) is 1. The summed E-state index contributed by atoms with van der Waals surface area (Å²) in [6, 6.07) is 5.61. The molecule has 1 N–H and O–H groups in total. The van der Waals surface area contributed by atoms with Crippen LogP contribution in [0.4, 0.5) is 0 Å². The van der Waals surface area contributed by atoms with Gasteiger partial charge in [-0.2, -0.15) is 0 Å². The van der Waals surface area contributed by atoms with E-state index in [9.17, 15) is 4.79 Å². The minimum Gasteiger partial charge on any atom is -0.493 e. The summed E-state index contributed by atoms with van der Waals surface area (Å²) in [5.41, 5.74) is 0.895. The molecule has 4 heteroatoms. The standard InChI is InChI=1S/C18H27NO3/c1-13(2)10-11-19-18(20)9-7-15-6-8-16(22-14(3)4)17(12-15)21-5/h6-9,12-14H,10-11H2,1-5H3,(H,19,20)/b9-7+. The first kappa shape index (κ1) is 18.1. The zero-order valence-corrected chi connectivity index (χ0v) is 14.2. The molecule has 0 fully saturated rings. The summed E-state index contributed by atoms with van der Waals surface area (Å²) in [4.78, 5) is 11.7. The van der Waals surface area contributed by atoms with E-state index in [1.165, 1.54) is 6.08 Å². The number of benzene rings is 1. The lowest BCUT2D eigenvalue weighted by Crippen LogP contribution is -2.23. The van der Waals surface area contributed by atoms with E-state index >= 15 is 0 Å². The molecule has 1 amide bonds. The van der Waals surface area contributed by atoms with Crippen molar-refractivity contribution in [2.45, 2.75) is 40.2 Å². The van der Waals surface area contributed by atoms with Gasteiger partial charge in [0.1, 0.15) is 0 Å². The Morgan fingerprint density at radius 2 is 1.95 bits per heavy atom. The number of carbonyl (C=O) groups excluding carboxylic acids is 1. The summed E-state index contributed by atoms with van der Waals surface area (Å²) in [7, 11) is 1.61. The average molecular weight is 305 g/mol. The monoisotopic (exact) mass is 305 g/mol. The van der Waals surface area contributed by atoms with Crippen LogP contribution in [0.2, 0.25) is 0 Å². The molecule has 0 aliphatic heterocycles. The van der Waals surface area contributed by atoms with Gasteiger partial charge in [-0.25, -0.2) is 0 Å². The average Bonchev–Trinajstić information content (AvgIpc) is 2.45. The predicted octanol–water partition coefficient (Wildman–Crippen LogP) is 3.66. The SMILES string of the molecule is COc1cc(/C=C/C(=O)NCCC(C)C)ccc1OC(C)C. The summed E-state index contributed by atoms with van der Waals surface area (Å²) in [5.74, 6) is 1.87. The molecule has 0 unspecified atom stereocenters. The van der Waals surface area contributed by atoms with E-state index in [4.69, 9.17) is 9.47 Å². The maximum atomic E-state index is 11.7. The van der Waals surface area contributed by atoms with Crippen molar-refractivity contribution < 1.29 is 14.3 Å². The second-order valence-electron chi connectivity index (χ2n) is 5.88. The topological polar surface area (TPSA) is 47.6 Å². The van der Waals surface area contributed by atoms with Crippen molar-refractivity contribution >= 4 is 12.0 Å². The molecule has 0 saturated carbocycles. The molecule has 0 heterocycles. The van der Waals surface area contributed by atoms with Crippen molar-refractivity contribution in [2.75, 3.05) is 13.7 Å². The molecule has 1 rings (SSSR count). The van der Waals surface area contributed by atoms with Crippen molar-refractivity contribution in [3.63, 3.8) is 0 Å². The third kappa shape index (κ3) is 6.66. The van der Waals surface area contributed by atoms with Crippen LogP contribution in [0.25, 0.3) is 6.08 Å². The van der Waals surface area contributed by atoms with Gasteiger partial charge < -0.3 is 14.8 Å². The summed E-state index contributed by atoms with van der Waals surface area (Å²) >= 11 is 0. The zero-order chi connectivity index (χ0) is 16.5. The Kier molecular flexibility index (Phi) is 7.50. The molecule has 4 nitrogen and oxygen atoms in total. The first-order valence-corrected chi connectivity index (χ1v) is 7.73. The molecule has 0 aliphatic carbocycles. The van der Waals surface area contributed by atoms with Crippen molar-refractivity contribution in [1.82, 2.24) is 5.32 Å². The lowest BCUT2D eigenvalue weighted by molar-refractivity contribution is -0.116. The van der Waals surface area contributed by atoms with Crippen LogP contribution in [0.15, 0.2) is 24.3 Å². The smallest absolute Gasteiger partial charge is 0.243 e. The van der Waals surface area contributed by atoms with E-state index < -0.39 is 0 Å². The van der Waals surface area contributed by atoms with Crippen LogP contribution >= 0.6 is 0 Å². The van der Waals surface area contributed by atoms with Crippen LogP contribution in [-0.4, -0.2) is 25.7 Å². The van der Waals surface area contributed by atoms with Gasteiger partial charge in [-0.1, -0.05) is 19.9 Å². The molecule has 0 atom stereocenters. The van der Waals surface area contributed by atoms with Crippen LogP contribution in [0.5, 0.6) is 11.5 Å². The first-order chi connectivity index (χ1) is 10.4. The number of carbonyl (C=O) groups is 1. The third-order valence-electron chi connectivity index (χ3n) is 3.00. The second-order valence-corrected chi connectivity index (χ2v) is 5.88. The van der Waals surface area contributed by atoms with Gasteiger partial charge in [0.25, 0.3) is 0 Å². The first-order valence-electron chi connectivity index (χ1n) is 7.73. The molecule has 0 bridgehead atoms. The zero-order valence-electron chi connectivity index (χ0n) is 14.2. The minimum absolute atomic E-state index is 0.0814. The maximum Gasteiger partial charge on any atom is 0.243 e. The molecular formula is C18H27NO3. The minimum atomic E-state index is -0.0814. The van der Waals surface area contributed by atoms with Gasteiger partial charge in [0.05, 0.1) is 13.2 Å². The molecule has 0 aliphatic rings. The fourth-order valence-electron chi connectivity index (χ4n) is 1.85. The Hall–Kier alpha value is -1.97. The highest BCUT2D eigenvalue weighted by molar-refractivity contribution is 5.91. The second kappa shape index (κ2) is 9.13. The highest BCUT2D eigenvalue weighted by Gasteiger charge is 2.06. The van der Waals surface area contributed by atoms with Gasteiger partial charge in [0.15, 0.2) is 11.5 Å². The van der Waals surface area contributed by atoms with Gasteiger partial charge in [-0.05, 0) is 50.0 Å². The number of ether oxygens (including phenoxy) is 2. The van der Waals surface area contributed by atoms with Crippen LogP contribution < -0.4 is 14.8 Å². The molecular weight excluding hydrogens is 278 g/mol. The van der Waals surface area contributed by atoms with Gasteiger partial charge in [0.2, 0.25) is 5.91 Å². The molecule has 0 saturated heterocycles. The van der Waals surface area contributed by atoms with Crippen LogP contribution in [-0.2, 0) is 4.79 Å². The van der Waals surface area contributed by atoms with E-state index in [1.54, 1.807) is 13.2 Å². The van der Waals surface area contributed by atoms with Gasteiger partial charge in [-0.15, -0.1) is 0 Å². The summed E-state index contributed by atoms with van der Waals surface area (Å²) < 4.78 is 11.0. The number of hydrogen-bond acceptors (Lipinski definition) is 3. The summed E-state index contributed by atoms with van der Waals surface area (Å²) in [6.45, 7) is 8.90. The Morgan fingerprint density at radius 3 is 2.55 bits per heavy atom. The van der Waals surface area contributed by atoms with Gasteiger partial charge in [0, 0.05) is 12.6 Å². The van der Waals surface area contributed by atoms with E-state index in [1.807, 2.05) is 32.0 Å². The Balaban J connectivity index is 2.65. The van der Waals surface area contributed by atoms with Crippen LogP contribution in [0.1, 0.15) is 39.7 Å². The number of nitrogens with one attached hydrogen (secondary N) is 1. The lowest BCUT2D eigenvalue weighted by atomic mass is 10.1. The summed E-state index contributed by atoms with van der Waals surface area (Å²) in [5, 5.41) is 2.87. The van der Waals surface area contributed by atoms with Gasteiger partial charge in [-0.3, -0.25) is 4.79 Å². The fourth-order valence-corrected chi connectivity index (χ4v) is 1.85. The van der Waals surface area contributed by atoms with E-state index in [0.717, 1.165) is 12.0 Å². The maximum absolute atomic E-state index is 11.7. The molecule has 1 aromatic carbocycles. The van der Waals surface area contributed by atoms with E-state index in [-0.39, 0.29) is 12.0 Å². The lowest BCUT2D eigenvalue weighted by Gasteiger charge is -2.13. The molecule has 1 aromatic rings. The van der Waals surface area contributed by atoms with Crippen molar-refractivity contribution in [3.8, 4) is 11.5 Å². The van der Waals surface area contributed by atoms with Crippen molar-refractivity contribution in [1.29, 1.82) is 0 Å². The van der Waals surface area contributed by atoms with Crippen LogP contribution in [0.3, 0.4) is 0 Å². The number of amides is 1. The molecule has 22 heavy (non-hydrogen) atoms. The fraction of sp³-hybridized carbons (Fsp3) is 0.500. The largest absolute Gasteiger partial charge is 0.493 e. The molecule has 0 radical (unpaired) electrons. The molecule has 0 spiro atoms. The number of methoxy groups -OCH3 is 1. The number of rotatable bonds is 8. The summed E-state index contributed by atoms with van der Waals surface area (Å²) in [6.07, 6.45) is 4.38. The Bertz CT molecular complexity index is 507. The van der Waals surface area contributed by atoms with Gasteiger partial charge >= 0.3 is 0 Å². The normalized spacial score (nSPS) is 11.2. The predicted molar refractivity (Wildman–Crippen MR) is 90.3 cm³/mol. The van der Waals surface area contributed by atoms with E-state index in [2.05, 4.69) is 19.2 Å². The highest BCUT2D eigenvalue weighted by atomic mass is 16.5. The third-order valence-corrected chi connectivity index (χ3v) is 3.00. The van der Waals surface area contributed by atoms with Crippen molar-refractivity contribution in [3.05, 3.63) is 29.8 Å². The Morgan fingerprint density at radius 1 is 1.23 bits per heavy atom. The molecule has 0 aromatic heterocycles. The Labute approximate surface area is 133 Å². The quantitative estimate of drug-likeness (QED) is 0.746. The molecule has 122 valence electrons. The van der Waals surface area contributed by atoms with Crippen LogP contribution in [0, 0.1) is 5.92 Å².